The SMILES string of the molecule is CCCNC(=O)C(c1ccccc1)N(C)CCCN(C)c1ccc(NC(=O)c2ccccc2-c2ccccc2)cc1. The third-order valence-corrected chi connectivity index (χ3v) is 7.18. The van der Waals surface area contributed by atoms with Gasteiger partial charge in [-0.3, -0.25) is 14.5 Å². The van der Waals surface area contributed by atoms with Gasteiger partial charge in [-0.25, -0.2) is 0 Å². The van der Waals surface area contributed by atoms with Gasteiger partial charge in [-0.15, -0.1) is 0 Å². The summed E-state index contributed by atoms with van der Waals surface area (Å²) in [5.74, 6) is -0.0949. The van der Waals surface area contributed by atoms with Crippen LogP contribution >= 0.6 is 0 Å². The highest BCUT2D eigenvalue weighted by Gasteiger charge is 2.24. The standard InChI is InChI=1S/C35H40N4O2/c1-4-24-36-35(41)33(28-16-9-6-10-17-28)39(3)26-13-25-38(2)30-22-20-29(21-23-30)37-34(40)32-19-12-11-18-31(32)27-14-7-5-8-15-27/h5-12,14-23,33H,4,13,24-26H2,1-3H3,(H,36,41)(H,37,40). The van der Waals surface area contributed by atoms with E-state index in [1.165, 1.54) is 0 Å². The van der Waals surface area contributed by atoms with Gasteiger partial charge in [0.2, 0.25) is 5.91 Å². The Morgan fingerprint density at radius 2 is 1.39 bits per heavy atom. The molecule has 0 saturated carbocycles. The van der Waals surface area contributed by atoms with Crippen molar-refractivity contribution in [2.75, 3.05) is 43.9 Å². The van der Waals surface area contributed by atoms with Crippen LogP contribution in [0.3, 0.4) is 0 Å². The largest absolute Gasteiger partial charge is 0.375 e. The molecule has 0 aliphatic heterocycles. The van der Waals surface area contributed by atoms with Crippen LogP contribution in [0.2, 0.25) is 0 Å². The first-order valence-corrected chi connectivity index (χ1v) is 14.3. The summed E-state index contributed by atoms with van der Waals surface area (Å²) in [4.78, 5) is 30.4. The summed E-state index contributed by atoms with van der Waals surface area (Å²) < 4.78 is 0. The summed E-state index contributed by atoms with van der Waals surface area (Å²) in [6.45, 7) is 4.34. The summed E-state index contributed by atoms with van der Waals surface area (Å²) >= 11 is 0. The van der Waals surface area contributed by atoms with Crippen LogP contribution in [0.25, 0.3) is 11.1 Å². The van der Waals surface area contributed by atoms with Crippen LogP contribution < -0.4 is 15.5 Å². The highest BCUT2D eigenvalue weighted by Crippen LogP contribution is 2.25. The quantitative estimate of drug-likeness (QED) is 0.197. The first kappa shape index (κ1) is 29.6. The predicted molar refractivity (Wildman–Crippen MR) is 169 cm³/mol. The van der Waals surface area contributed by atoms with E-state index in [0.29, 0.717) is 12.1 Å². The van der Waals surface area contributed by atoms with Crippen LogP contribution in [0.5, 0.6) is 0 Å². The molecule has 212 valence electrons. The number of amides is 2. The van der Waals surface area contributed by atoms with Crippen LogP contribution in [0.4, 0.5) is 11.4 Å². The molecule has 2 amide bonds. The molecule has 4 aromatic carbocycles. The number of anilines is 2. The molecule has 0 aromatic heterocycles. The number of benzene rings is 4. The maximum absolute atomic E-state index is 13.1. The van der Waals surface area contributed by atoms with Crippen LogP contribution in [0.15, 0.2) is 109 Å². The zero-order valence-corrected chi connectivity index (χ0v) is 24.2. The van der Waals surface area contributed by atoms with E-state index in [-0.39, 0.29) is 17.9 Å². The Hall–Kier alpha value is -4.42. The fourth-order valence-electron chi connectivity index (χ4n) is 4.95. The van der Waals surface area contributed by atoms with E-state index in [9.17, 15) is 9.59 Å². The molecule has 0 aliphatic rings. The second-order valence-electron chi connectivity index (χ2n) is 10.3. The van der Waals surface area contributed by atoms with Crippen LogP contribution in [-0.2, 0) is 4.79 Å². The van der Waals surface area contributed by atoms with Gasteiger partial charge in [-0.1, -0.05) is 85.8 Å². The highest BCUT2D eigenvalue weighted by atomic mass is 16.2. The van der Waals surface area contributed by atoms with Gasteiger partial charge in [0.05, 0.1) is 0 Å². The summed E-state index contributed by atoms with van der Waals surface area (Å²) in [7, 11) is 4.07. The molecular weight excluding hydrogens is 508 g/mol. The van der Waals surface area contributed by atoms with Crippen molar-refractivity contribution in [1.29, 1.82) is 0 Å². The molecule has 0 saturated heterocycles. The number of hydrogen-bond donors (Lipinski definition) is 2. The molecule has 0 radical (unpaired) electrons. The van der Waals surface area contributed by atoms with Gasteiger partial charge in [0, 0.05) is 43.6 Å². The number of hydrogen-bond acceptors (Lipinski definition) is 4. The van der Waals surface area contributed by atoms with E-state index < -0.39 is 0 Å². The Balaban J connectivity index is 1.33. The molecule has 0 aliphatic carbocycles. The van der Waals surface area contributed by atoms with Gasteiger partial charge in [0.15, 0.2) is 0 Å². The average Bonchev–Trinajstić information content (AvgIpc) is 3.01. The zero-order chi connectivity index (χ0) is 29.0. The molecule has 6 heteroatoms. The summed E-state index contributed by atoms with van der Waals surface area (Å²) in [6.07, 6.45) is 1.80. The fourth-order valence-corrected chi connectivity index (χ4v) is 4.95. The predicted octanol–water partition coefficient (Wildman–Crippen LogP) is 6.63. The maximum atomic E-state index is 13.1. The van der Waals surface area contributed by atoms with Crippen molar-refractivity contribution in [3.8, 4) is 11.1 Å². The van der Waals surface area contributed by atoms with E-state index >= 15 is 0 Å². The summed E-state index contributed by atoms with van der Waals surface area (Å²) in [6, 6.07) is 35.2. The maximum Gasteiger partial charge on any atom is 0.256 e. The lowest BCUT2D eigenvalue weighted by Crippen LogP contribution is -2.40. The van der Waals surface area contributed by atoms with E-state index in [2.05, 4.69) is 34.4 Å². The van der Waals surface area contributed by atoms with Crippen molar-refractivity contribution in [2.45, 2.75) is 25.8 Å². The molecule has 1 unspecified atom stereocenters. The number of carbonyl (C=O) groups is 2. The topological polar surface area (TPSA) is 64.7 Å². The van der Waals surface area contributed by atoms with Gasteiger partial charge >= 0.3 is 0 Å². The Morgan fingerprint density at radius 3 is 2.07 bits per heavy atom. The molecule has 0 spiro atoms. The second-order valence-corrected chi connectivity index (χ2v) is 10.3. The average molecular weight is 549 g/mol. The highest BCUT2D eigenvalue weighted by molar-refractivity contribution is 6.08. The summed E-state index contributed by atoms with van der Waals surface area (Å²) in [5, 5.41) is 6.10. The molecule has 6 nitrogen and oxygen atoms in total. The Labute approximate surface area is 244 Å². The molecule has 41 heavy (non-hydrogen) atoms. The van der Waals surface area contributed by atoms with Crippen molar-refractivity contribution >= 4 is 23.2 Å². The van der Waals surface area contributed by atoms with Crippen LogP contribution in [0.1, 0.15) is 41.7 Å². The molecule has 1 atom stereocenters. The monoisotopic (exact) mass is 548 g/mol. The minimum atomic E-state index is -0.317. The van der Waals surface area contributed by atoms with Gasteiger partial charge < -0.3 is 15.5 Å². The summed E-state index contributed by atoms with van der Waals surface area (Å²) in [5.41, 5.74) is 5.37. The van der Waals surface area contributed by atoms with E-state index in [1.54, 1.807) is 0 Å². The first-order chi connectivity index (χ1) is 20.0. The lowest BCUT2D eigenvalue weighted by atomic mass is 9.99. The van der Waals surface area contributed by atoms with Gasteiger partial charge in [0.1, 0.15) is 6.04 Å². The van der Waals surface area contributed by atoms with Gasteiger partial charge in [-0.05, 0) is 66.9 Å². The second kappa shape index (κ2) is 14.8. The number of likely N-dealkylation sites (N-methyl/N-ethyl adjacent to an activating group) is 1. The van der Waals surface area contributed by atoms with Crippen molar-refractivity contribution in [3.05, 3.63) is 120 Å². The minimum Gasteiger partial charge on any atom is -0.375 e. The van der Waals surface area contributed by atoms with E-state index in [4.69, 9.17) is 0 Å². The zero-order valence-electron chi connectivity index (χ0n) is 24.2. The van der Waals surface area contributed by atoms with Crippen molar-refractivity contribution < 1.29 is 9.59 Å². The molecule has 0 bridgehead atoms. The molecule has 4 aromatic rings. The normalized spacial score (nSPS) is 11.6. The molecular formula is C35H40N4O2. The molecule has 0 heterocycles. The Bertz CT molecular complexity index is 1390. The number of nitrogens with zero attached hydrogens (tertiary/aromatic N) is 2. The van der Waals surface area contributed by atoms with E-state index in [0.717, 1.165) is 54.0 Å². The van der Waals surface area contributed by atoms with Crippen molar-refractivity contribution in [1.82, 2.24) is 10.2 Å². The third-order valence-electron chi connectivity index (χ3n) is 7.18. The molecule has 4 rings (SSSR count). The van der Waals surface area contributed by atoms with Crippen molar-refractivity contribution in [2.24, 2.45) is 0 Å². The van der Waals surface area contributed by atoms with Crippen LogP contribution in [-0.4, -0.2) is 50.4 Å². The number of rotatable bonds is 13. The minimum absolute atomic E-state index is 0.0398. The number of carbonyl (C=O) groups excluding carboxylic acids is 2. The Morgan fingerprint density at radius 1 is 0.756 bits per heavy atom. The first-order valence-electron chi connectivity index (χ1n) is 14.3. The Kier molecular flexibility index (Phi) is 10.7. The lowest BCUT2D eigenvalue weighted by Gasteiger charge is -2.28. The van der Waals surface area contributed by atoms with E-state index in [1.807, 2.05) is 116 Å². The van der Waals surface area contributed by atoms with Crippen LogP contribution in [0, 0.1) is 0 Å². The molecule has 2 N–H and O–H groups in total. The van der Waals surface area contributed by atoms with Gasteiger partial charge in [-0.2, -0.15) is 0 Å². The van der Waals surface area contributed by atoms with Gasteiger partial charge in [0.25, 0.3) is 5.91 Å². The number of nitrogens with one attached hydrogen (secondary N) is 2. The molecule has 0 fully saturated rings. The fraction of sp³-hybridized carbons (Fsp3) is 0.257. The third kappa shape index (κ3) is 8.05. The lowest BCUT2D eigenvalue weighted by molar-refractivity contribution is -0.126. The van der Waals surface area contributed by atoms with Crippen molar-refractivity contribution in [3.63, 3.8) is 0 Å². The smallest absolute Gasteiger partial charge is 0.256 e.